The van der Waals surface area contributed by atoms with Crippen LogP contribution >= 0.6 is 31.9 Å². The summed E-state index contributed by atoms with van der Waals surface area (Å²) in [5.74, 6) is 0. The third-order valence-electron chi connectivity index (χ3n) is 3.18. The van der Waals surface area contributed by atoms with Gasteiger partial charge in [-0.1, -0.05) is 15.9 Å². The molecule has 1 aromatic carbocycles. The molecule has 0 radical (unpaired) electrons. The zero-order chi connectivity index (χ0) is 15.0. The minimum Gasteiger partial charge on any atom is -0.386 e. The fraction of sp³-hybridized carbons (Fsp3) is 0.500. The molecule has 2 N–H and O–H groups in total. The molecule has 1 fully saturated rings. The van der Waals surface area contributed by atoms with Gasteiger partial charge in [0.1, 0.15) is 5.60 Å². The zero-order valence-electron chi connectivity index (χ0n) is 10.8. The van der Waals surface area contributed by atoms with Crippen molar-refractivity contribution in [1.82, 2.24) is 4.72 Å². The second-order valence-electron chi connectivity index (χ2n) is 4.88. The minimum atomic E-state index is -3.70. The number of halogens is 2. The number of aliphatic hydroxyl groups is 1. The summed E-state index contributed by atoms with van der Waals surface area (Å²) in [7, 11) is -3.70. The van der Waals surface area contributed by atoms with Gasteiger partial charge in [0.15, 0.2) is 0 Å². The molecule has 0 aromatic heterocycles. The highest BCUT2D eigenvalue weighted by molar-refractivity contribution is 9.11. The van der Waals surface area contributed by atoms with Gasteiger partial charge in [0.2, 0.25) is 10.0 Å². The van der Waals surface area contributed by atoms with Crippen molar-refractivity contribution < 1.29 is 18.3 Å². The van der Waals surface area contributed by atoms with Crippen LogP contribution in [0.1, 0.15) is 12.0 Å². The molecule has 2 rings (SSSR count). The zero-order valence-corrected chi connectivity index (χ0v) is 14.8. The van der Waals surface area contributed by atoms with Crippen LogP contribution in [0.15, 0.2) is 26.0 Å². The lowest BCUT2D eigenvalue weighted by Gasteiger charge is -2.21. The van der Waals surface area contributed by atoms with Crippen LogP contribution in [0.25, 0.3) is 0 Å². The molecule has 5 nitrogen and oxygen atoms in total. The largest absolute Gasteiger partial charge is 0.386 e. The smallest absolute Gasteiger partial charge is 0.241 e. The number of ether oxygens (including phenoxy) is 1. The van der Waals surface area contributed by atoms with Crippen molar-refractivity contribution in [2.24, 2.45) is 0 Å². The van der Waals surface area contributed by atoms with Gasteiger partial charge in [-0.3, -0.25) is 0 Å². The first-order chi connectivity index (χ1) is 9.23. The first-order valence-corrected chi connectivity index (χ1v) is 9.06. The maximum Gasteiger partial charge on any atom is 0.241 e. The first kappa shape index (κ1) is 16.4. The van der Waals surface area contributed by atoms with Gasteiger partial charge in [0.05, 0.1) is 11.5 Å². The SMILES string of the molecule is Cc1cc(Br)c(S(=O)(=O)NCC2(O)CCOC2)cc1Br. The van der Waals surface area contributed by atoms with Crippen molar-refractivity contribution in [3.63, 3.8) is 0 Å². The Hall–Kier alpha value is 0.01000. The topological polar surface area (TPSA) is 75.6 Å². The third kappa shape index (κ3) is 3.61. The summed E-state index contributed by atoms with van der Waals surface area (Å²) in [6, 6.07) is 3.27. The van der Waals surface area contributed by atoms with E-state index in [-0.39, 0.29) is 18.0 Å². The van der Waals surface area contributed by atoms with E-state index in [1.54, 1.807) is 6.07 Å². The van der Waals surface area contributed by atoms with Crippen LogP contribution in [0.5, 0.6) is 0 Å². The van der Waals surface area contributed by atoms with Gasteiger partial charge in [0, 0.05) is 28.5 Å². The molecule has 20 heavy (non-hydrogen) atoms. The average molecular weight is 429 g/mol. The molecule has 1 atom stereocenters. The van der Waals surface area contributed by atoms with E-state index < -0.39 is 15.6 Å². The summed E-state index contributed by atoms with van der Waals surface area (Å²) in [4.78, 5) is 0.137. The van der Waals surface area contributed by atoms with Crippen LogP contribution in [-0.2, 0) is 14.8 Å². The van der Waals surface area contributed by atoms with E-state index in [4.69, 9.17) is 4.74 Å². The Morgan fingerprint density at radius 3 is 2.70 bits per heavy atom. The lowest BCUT2D eigenvalue weighted by Crippen LogP contribution is -2.43. The first-order valence-electron chi connectivity index (χ1n) is 5.99. The maximum atomic E-state index is 12.3. The predicted molar refractivity (Wildman–Crippen MR) is 82.2 cm³/mol. The van der Waals surface area contributed by atoms with Crippen molar-refractivity contribution in [1.29, 1.82) is 0 Å². The van der Waals surface area contributed by atoms with Crippen molar-refractivity contribution in [2.75, 3.05) is 19.8 Å². The molecule has 1 aliphatic rings. The van der Waals surface area contributed by atoms with Crippen molar-refractivity contribution >= 4 is 41.9 Å². The number of rotatable bonds is 4. The molecule has 0 saturated carbocycles. The molecule has 1 saturated heterocycles. The molecular weight excluding hydrogens is 414 g/mol. The monoisotopic (exact) mass is 427 g/mol. The van der Waals surface area contributed by atoms with E-state index in [2.05, 4.69) is 36.6 Å². The van der Waals surface area contributed by atoms with Crippen LogP contribution in [0.2, 0.25) is 0 Å². The predicted octanol–water partition coefficient (Wildman–Crippen LogP) is 1.95. The number of nitrogens with one attached hydrogen (secondary N) is 1. The fourth-order valence-electron chi connectivity index (χ4n) is 1.88. The summed E-state index contributed by atoms with van der Waals surface area (Å²) in [6.07, 6.45) is 0.425. The molecule has 0 bridgehead atoms. The molecule has 1 unspecified atom stereocenters. The van der Waals surface area contributed by atoms with Crippen molar-refractivity contribution in [2.45, 2.75) is 23.8 Å². The average Bonchev–Trinajstić information content (AvgIpc) is 2.79. The highest BCUT2D eigenvalue weighted by Crippen LogP contribution is 2.29. The van der Waals surface area contributed by atoms with E-state index in [9.17, 15) is 13.5 Å². The summed E-state index contributed by atoms with van der Waals surface area (Å²) in [5.41, 5.74) is -0.194. The molecular formula is C12H15Br2NO4S. The van der Waals surface area contributed by atoms with Gasteiger partial charge in [-0.2, -0.15) is 0 Å². The number of aryl methyl sites for hydroxylation is 1. The summed E-state index contributed by atoms with van der Waals surface area (Å²) >= 11 is 6.58. The number of hydrogen-bond donors (Lipinski definition) is 2. The summed E-state index contributed by atoms with van der Waals surface area (Å²) < 4.78 is 33.3. The van der Waals surface area contributed by atoms with E-state index in [0.29, 0.717) is 22.0 Å². The van der Waals surface area contributed by atoms with Crippen molar-refractivity contribution in [3.8, 4) is 0 Å². The lowest BCUT2D eigenvalue weighted by molar-refractivity contribution is 0.0314. The normalized spacial score (nSPS) is 23.2. The minimum absolute atomic E-state index is 0.0622. The molecule has 0 spiro atoms. The van der Waals surface area contributed by atoms with Gasteiger partial charge in [-0.05, 0) is 40.5 Å². The fourth-order valence-corrected chi connectivity index (χ4v) is 4.67. The second-order valence-corrected chi connectivity index (χ2v) is 8.33. The standard InChI is InChI=1S/C12H15Br2NO4S/c1-8-4-10(14)11(5-9(8)13)20(17,18)15-6-12(16)2-3-19-7-12/h4-5,15-16H,2-3,6-7H2,1H3. The Labute approximate surface area is 135 Å². The van der Waals surface area contributed by atoms with Crippen LogP contribution in [-0.4, -0.2) is 38.9 Å². The summed E-state index contributed by atoms with van der Waals surface area (Å²) in [5, 5.41) is 10.1. The highest BCUT2D eigenvalue weighted by atomic mass is 79.9. The van der Waals surface area contributed by atoms with Gasteiger partial charge in [-0.25, -0.2) is 13.1 Å². The van der Waals surface area contributed by atoms with Crippen LogP contribution in [0.3, 0.4) is 0 Å². The van der Waals surface area contributed by atoms with Crippen LogP contribution < -0.4 is 4.72 Å². The highest BCUT2D eigenvalue weighted by Gasteiger charge is 2.34. The van der Waals surface area contributed by atoms with E-state index in [1.165, 1.54) is 6.07 Å². The number of hydrogen-bond acceptors (Lipinski definition) is 4. The van der Waals surface area contributed by atoms with E-state index in [0.717, 1.165) is 5.56 Å². The Kier molecular flexibility index (Phi) is 4.93. The number of benzene rings is 1. The molecule has 1 aromatic rings. The van der Waals surface area contributed by atoms with E-state index >= 15 is 0 Å². The molecule has 0 amide bonds. The van der Waals surface area contributed by atoms with Crippen LogP contribution in [0, 0.1) is 6.92 Å². The Morgan fingerprint density at radius 2 is 2.10 bits per heavy atom. The Balaban J connectivity index is 2.20. The van der Waals surface area contributed by atoms with Gasteiger partial charge >= 0.3 is 0 Å². The van der Waals surface area contributed by atoms with Gasteiger partial charge in [0.25, 0.3) is 0 Å². The van der Waals surface area contributed by atoms with E-state index in [1.807, 2.05) is 6.92 Å². The van der Waals surface area contributed by atoms with Gasteiger partial charge < -0.3 is 9.84 Å². The molecule has 8 heteroatoms. The lowest BCUT2D eigenvalue weighted by atomic mass is 10.1. The molecule has 112 valence electrons. The second kappa shape index (κ2) is 6.02. The molecule has 1 heterocycles. The maximum absolute atomic E-state index is 12.3. The molecule has 0 aliphatic carbocycles. The van der Waals surface area contributed by atoms with Crippen LogP contribution in [0.4, 0.5) is 0 Å². The summed E-state index contributed by atoms with van der Waals surface area (Å²) in [6.45, 7) is 2.40. The van der Waals surface area contributed by atoms with Gasteiger partial charge in [-0.15, -0.1) is 0 Å². The Bertz CT molecular complexity index is 612. The van der Waals surface area contributed by atoms with Crippen molar-refractivity contribution in [3.05, 3.63) is 26.6 Å². The quantitative estimate of drug-likeness (QED) is 0.768. The third-order valence-corrected chi connectivity index (χ3v) is 6.39. The Morgan fingerprint density at radius 1 is 1.40 bits per heavy atom. The molecule has 1 aliphatic heterocycles. The number of sulfonamides is 1.